The number of para-hydroxylation sites is 1. The predicted molar refractivity (Wildman–Crippen MR) is 234 cm³/mol. The van der Waals surface area contributed by atoms with E-state index in [0.717, 1.165) is 71.3 Å². The van der Waals surface area contributed by atoms with Crippen molar-refractivity contribution in [2.24, 2.45) is 0 Å². The second-order valence-corrected chi connectivity index (χ2v) is 14.8. The lowest BCUT2D eigenvalue weighted by Crippen LogP contribution is -2.04. The highest BCUT2D eigenvalue weighted by molar-refractivity contribution is 6.36. The summed E-state index contributed by atoms with van der Waals surface area (Å²) in [6.45, 7) is 0. The quantitative estimate of drug-likeness (QED) is 0.168. The Bertz CT molecular complexity index is 3800. The van der Waals surface area contributed by atoms with Crippen molar-refractivity contribution in [3.63, 3.8) is 0 Å². The van der Waals surface area contributed by atoms with Crippen LogP contribution in [0, 0.1) is 0 Å². The van der Waals surface area contributed by atoms with E-state index in [1.54, 1.807) is 0 Å². The summed E-state index contributed by atoms with van der Waals surface area (Å²) >= 11 is 0. The summed E-state index contributed by atoms with van der Waals surface area (Å²) in [4.78, 5) is 11.3. The van der Waals surface area contributed by atoms with Crippen LogP contribution in [0.3, 0.4) is 0 Å². The topological polar surface area (TPSA) is 43.9 Å². The number of fused-ring (bicyclic) bond motifs is 18. The molecule has 0 fully saturated rings. The van der Waals surface area contributed by atoms with E-state index in [1.807, 2.05) is 12.1 Å². The molecule has 56 heavy (non-hydrogen) atoms. The molecule has 0 radical (unpaired) electrons. The number of aromatic nitrogens is 3. The van der Waals surface area contributed by atoms with Gasteiger partial charge in [-0.2, -0.15) is 0 Å². The van der Waals surface area contributed by atoms with Crippen LogP contribution in [0.4, 0.5) is 0 Å². The van der Waals surface area contributed by atoms with Crippen LogP contribution in [0.2, 0.25) is 0 Å². The summed E-state index contributed by atoms with van der Waals surface area (Å²) in [5.74, 6) is 0.634. The Hall–Kier alpha value is -7.56. The molecule has 258 valence electrons. The van der Waals surface area contributed by atoms with Crippen LogP contribution >= 0.6 is 0 Å². The number of hydrogen-bond acceptors (Lipinski definition) is 3. The van der Waals surface area contributed by atoms with Gasteiger partial charge >= 0.3 is 0 Å². The smallest absolute Gasteiger partial charge is 0.235 e. The minimum Gasteiger partial charge on any atom is -0.456 e. The van der Waals surface area contributed by atoms with Crippen molar-refractivity contribution >= 4 is 109 Å². The first-order valence-electron chi connectivity index (χ1n) is 19.1. The number of hydrogen-bond donors (Lipinski definition) is 0. The van der Waals surface area contributed by atoms with E-state index in [9.17, 15) is 0 Å². The van der Waals surface area contributed by atoms with E-state index in [4.69, 9.17) is 14.4 Å². The molecular formula is C52H29N3O. The van der Waals surface area contributed by atoms with E-state index in [2.05, 4.69) is 168 Å². The van der Waals surface area contributed by atoms with Gasteiger partial charge in [-0.3, -0.25) is 4.57 Å². The van der Waals surface area contributed by atoms with Crippen LogP contribution in [0.1, 0.15) is 0 Å². The summed E-state index contributed by atoms with van der Waals surface area (Å²) in [7, 11) is 0. The first-order chi connectivity index (χ1) is 27.8. The summed E-state index contributed by atoms with van der Waals surface area (Å²) in [5.41, 5.74) is 6.68. The van der Waals surface area contributed by atoms with Crippen LogP contribution in [-0.4, -0.2) is 14.5 Å². The zero-order chi connectivity index (χ0) is 36.5. The van der Waals surface area contributed by atoms with Gasteiger partial charge in [0.2, 0.25) is 5.95 Å². The van der Waals surface area contributed by atoms with Gasteiger partial charge in [-0.1, -0.05) is 152 Å². The molecule has 0 saturated carbocycles. The van der Waals surface area contributed by atoms with Gasteiger partial charge in [0, 0.05) is 48.7 Å². The van der Waals surface area contributed by atoms with Crippen molar-refractivity contribution in [2.75, 3.05) is 0 Å². The second kappa shape index (κ2) is 11.0. The first kappa shape index (κ1) is 29.8. The van der Waals surface area contributed by atoms with Gasteiger partial charge in [0.1, 0.15) is 11.2 Å². The van der Waals surface area contributed by atoms with Gasteiger partial charge in [-0.15, -0.1) is 0 Å². The molecule has 4 heteroatoms. The average Bonchev–Trinajstić information content (AvgIpc) is 3.82. The lowest BCUT2D eigenvalue weighted by Gasteiger charge is -2.15. The molecule has 0 N–H and O–H groups in total. The van der Waals surface area contributed by atoms with Gasteiger partial charge in [-0.05, 0) is 62.0 Å². The van der Waals surface area contributed by atoms with E-state index in [-0.39, 0.29) is 0 Å². The SMILES string of the molecule is c1ccc2c(c1)ccc1c(-c3cccc4oc5ccccc5c34)nc(-n3c4ccc5c6ccccc6c6ccccc6c5c4c4ccc5ccccc5c43)nc12. The Morgan fingerprint density at radius 2 is 0.929 bits per heavy atom. The highest BCUT2D eigenvalue weighted by atomic mass is 16.3. The molecule has 0 aliphatic heterocycles. The number of furan rings is 1. The molecule has 4 nitrogen and oxygen atoms in total. The number of rotatable bonds is 2. The molecule has 0 bridgehead atoms. The molecular weight excluding hydrogens is 683 g/mol. The maximum absolute atomic E-state index is 6.42. The van der Waals surface area contributed by atoms with Gasteiger partial charge in [0.15, 0.2) is 0 Å². The standard InChI is InChI=1S/C52H29N3O/c1-3-14-32-30(12-1)25-27-42-49(32)53-52(54-50(42)40-21-11-23-45-46(40)39-20-9-10-22-44(39)56-45)55-43-29-28-38-36-18-6-5-16-34(36)35-17-7-8-19-37(35)47(38)48(43)41-26-24-31-13-2-4-15-33(31)51(41)55/h1-29H. The fourth-order valence-electron chi connectivity index (χ4n) is 9.60. The van der Waals surface area contributed by atoms with Gasteiger partial charge in [0.05, 0.1) is 22.2 Å². The molecule has 0 aliphatic carbocycles. The molecule has 10 aromatic carbocycles. The fourth-order valence-corrected chi connectivity index (χ4v) is 9.60. The van der Waals surface area contributed by atoms with Crippen molar-refractivity contribution in [1.29, 1.82) is 0 Å². The van der Waals surface area contributed by atoms with E-state index >= 15 is 0 Å². The third-order valence-corrected chi connectivity index (χ3v) is 12.0. The van der Waals surface area contributed by atoms with Crippen LogP contribution < -0.4 is 0 Å². The van der Waals surface area contributed by atoms with Crippen LogP contribution in [0.5, 0.6) is 0 Å². The Balaban J connectivity index is 1.26. The largest absolute Gasteiger partial charge is 0.456 e. The molecule has 3 heterocycles. The molecule has 13 rings (SSSR count). The Morgan fingerprint density at radius 3 is 1.71 bits per heavy atom. The van der Waals surface area contributed by atoms with E-state index in [0.29, 0.717) is 5.95 Å². The van der Waals surface area contributed by atoms with Crippen molar-refractivity contribution < 1.29 is 4.42 Å². The van der Waals surface area contributed by atoms with E-state index < -0.39 is 0 Å². The number of nitrogens with zero attached hydrogens (tertiary/aromatic N) is 3. The molecule has 3 aromatic heterocycles. The molecule has 0 atom stereocenters. The minimum absolute atomic E-state index is 0.634. The van der Waals surface area contributed by atoms with Crippen molar-refractivity contribution in [3.8, 4) is 17.2 Å². The molecule has 0 amide bonds. The summed E-state index contributed by atoms with van der Waals surface area (Å²) in [5, 5.41) is 17.6. The lowest BCUT2D eigenvalue weighted by atomic mass is 9.91. The maximum Gasteiger partial charge on any atom is 0.235 e. The molecule has 0 saturated heterocycles. The normalized spacial score (nSPS) is 12.3. The van der Waals surface area contributed by atoms with Crippen molar-refractivity contribution in [3.05, 3.63) is 176 Å². The fraction of sp³-hybridized carbons (Fsp3) is 0. The van der Waals surface area contributed by atoms with Crippen LogP contribution in [0.15, 0.2) is 180 Å². The molecule has 0 aliphatic rings. The maximum atomic E-state index is 6.42. The monoisotopic (exact) mass is 711 g/mol. The third kappa shape index (κ3) is 3.92. The molecule has 13 aromatic rings. The third-order valence-electron chi connectivity index (χ3n) is 12.0. The Morgan fingerprint density at radius 1 is 0.357 bits per heavy atom. The van der Waals surface area contributed by atoms with Crippen molar-refractivity contribution in [2.45, 2.75) is 0 Å². The van der Waals surface area contributed by atoms with Gasteiger partial charge in [-0.25, -0.2) is 9.97 Å². The summed E-state index contributed by atoms with van der Waals surface area (Å²) in [6, 6.07) is 63.0. The molecule has 0 unspecified atom stereocenters. The highest BCUT2D eigenvalue weighted by Gasteiger charge is 2.24. The second-order valence-electron chi connectivity index (χ2n) is 14.8. The van der Waals surface area contributed by atoms with Crippen LogP contribution in [-0.2, 0) is 0 Å². The first-order valence-corrected chi connectivity index (χ1v) is 19.1. The summed E-state index contributed by atoms with van der Waals surface area (Å²) in [6.07, 6.45) is 0. The van der Waals surface area contributed by atoms with Crippen molar-refractivity contribution in [1.82, 2.24) is 14.5 Å². The number of benzene rings is 10. The van der Waals surface area contributed by atoms with Crippen LogP contribution in [0.25, 0.3) is 126 Å². The summed E-state index contributed by atoms with van der Waals surface area (Å²) < 4.78 is 8.75. The zero-order valence-electron chi connectivity index (χ0n) is 30.0. The Kier molecular flexibility index (Phi) is 5.86. The van der Waals surface area contributed by atoms with E-state index in [1.165, 1.54) is 48.5 Å². The van der Waals surface area contributed by atoms with Gasteiger partial charge < -0.3 is 4.42 Å². The van der Waals surface area contributed by atoms with Gasteiger partial charge in [0.25, 0.3) is 0 Å². The zero-order valence-corrected chi connectivity index (χ0v) is 30.0. The minimum atomic E-state index is 0.634. The molecule has 0 spiro atoms. The lowest BCUT2D eigenvalue weighted by molar-refractivity contribution is 0.669. The predicted octanol–water partition coefficient (Wildman–Crippen LogP) is 14.1. The Labute approximate surface area is 319 Å². The average molecular weight is 712 g/mol. The highest BCUT2D eigenvalue weighted by Crippen LogP contribution is 2.46.